The van der Waals surface area contributed by atoms with E-state index < -0.39 is 71.5 Å². The Balaban J connectivity index is 1.70. The maximum Gasteiger partial charge on any atom is 0.330 e. The molecule has 2 aromatic carbocycles. The van der Waals surface area contributed by atoms with Crippen molar-refractivity contribution in [1.82, 2.24) is 9.55 Å². The van der Waals surface area contributed by atoms with Crippen molar-refractivity contribution in [3.05, 3.63) is 104 Å². The molecule has 0 unspecified atom stereocenters. The van der Waals surface area contributed by atoms with Gasteiger partial charge in [-0.3, -0.25) is 28.7 Å². The minimum Gasteiger partial charge on any atom is -0.456 e. The van der Waals surface area contributed by atoms with Crippen LogP contribution >= 0.6 is 0 Å². The van der Waals surface area contributed by atoms with Crippen LogP contribution in [0.25, 0.3) is 0 Å². The van der Waals surface area contributed by atoms with Crippen LogP contribution in [0.3, 0.4) is 0 Å². The topological polar surface area (TPSA) is 161 Å². The third kappa shape index (κ3) is 6.46. The van der Waals surface area contributed by atoms with Gasteiger partial charge in [0, 0.05) is 32.5 Å². The molecule has 0 bridgehead atoms. The van der Waals surface area contributed by atoms with Crippen molar-refractivity contribution in [2.45, 2.75) is 83.3 Å². The summed E-state index contributed by atoms with van der Waals surface area (Å²) in [7, 11) is 0. The molecule has 13 heteroatoms. The lowest BCUT2D eigenvalue weighted by molar-refractivity contribution is -0.216. The van der Waals surface area contributed by atoms with Crippen LogP contribution in [-0.2, 0) is 56.0 Å². The van der Waals surface area contributed by atoms with Gasteiger partial charge in [0.15, 0.2) is 30.1 Å². The predicted molar refractivity (Wildman–Crippen MR) is 156 cm³/mol. The van der Waals surface area contributed by atoms with Crippen molar-refractivity contribution in [2.24, 2.45) is 0 Å². The fourth-order valence-corrected chi connectivity index (χ4v) is 5.92. The molecule has 7 atom stereocenters. The van der Waals surface area contributed by atoms with E-state index in [0.717, 1.165) is 10.1 Å². The number of rotatable bonds is 10. The van der Waals surface area contributed by atoms with Crippen LogP contribution in [-0.4, -0.2) is 63.6 Å². The average Bonchev–Trinajstić information content (AvgIpc) is 3.42. The predicted octanol–water partition coefficient (Wildman–Crippen LogP) is 2.09. The van der Waals surface area contributed by atoms with Crippen LogP contribution in [0.4, 0.5) is 0 Å². The third-order valence-electron chi connectivity index (χ3n) is 7.72. The lowest BCUT2D eigenvalue weighted by Gasteiger charge is -2.38. The second-order valence-electron chi connectivity index (χ2n) is 10.9. The number of carbonyl (C=O) groups excluding carboxylic acids is 3. The van der Waals surface area contributed by atoms with E-state index in [2.05, 4.69) is 4.98 Å². The second-order valence-corrected chi connectivity index (χ2v) is 10.9. The number of hydrogen-bond acceptors (Lipinski definition) is 11. The van der Waals surface area contributed by atoms with E-state index >= 15 is 0 Å². The highest BCUT2D eigenvalue weighted by Gasteiger charge is 2.76. The lowest BCUT2D eigenvalue weighted by Crippen LogP contribution is -2.59. The molecule has 0 radical (unpaired) electrons. The smallest absolute Gasteiger partial charge is 0.330 e. The van der Waals surface area contributed by atoms with E-state index in [-0.39, 0.29) is 18.8 Å². The number of fused-ring (bicyclic) bond motifs is 1. The molecule has 1 aliphatic carbocycles. The molecule has 1 aromatic heterocycles. The van der Waals surface area contributed by atoms with E-state index in [0.29, 0.717) is 5.56 Å². The molecular weight excluding hydrogens is 588 g/mol. The van der Waals surface area contributed by atoms with Crippen molar-refractivity contribution < 1.29 is 42.8 Å². The molecule has 45 heavy (non-hydrogen) atoms. The minimum absolute atomic E-state index is 0.0330. The first-order chi connectivity index (χ1) is 21.5. The largest absolute Gasteiger partial charge is 0.456 e. The van der Waals surface area contributed by atoms with Gasteiger partial charge in [-0.15, -0.1) is 0 Å². The number of carbonyl (C=O) groups is 3. The Morgan fingerprint density at radius 2 is 1.36 bits per heavy atom. The number of nitrogens with zero attached hydrogens (tertiary/aromatic N) is 1. The number of aromatic nitrogens is 2. The minimum atomic E-state index is -1.87. The number of esters is 3. The summed E-state index contributed by atoms with van der Waals surface area (Å²) in [4.78, 5) is 65.4. The maximum absolute atomic E-state index is 13.1. The Morgan fingerprint density at radius 1 is 0.800 bits per heavy atom. The number of benzene rings is 2. The highest BCUT2D eigenvalue weighted by Crippen LogP contribution is 2.53. The molecule has 0 amide bonds. The second kappa shape index (κ2) is 13.2. The summed E-state index contributed by atoms with van der Waals surface area (Å²) >= 11 is 0. The number of ether oxygens (including phenoxy) is 6. The normalized spacial score (nSPS) is 27.0. The first-order valence-corrected chi connectivity index (χ1v) is 14.3. The Kier molecular flexibility index (Phi) is 9.32. The van der Waals surface area contributed by atoms with Crippen molar-refractivity contribution in [1.29, 1.82) is 0 Å². The summed E-state index contributed by atoms with van der Waals surface area (Å²) in [6.07, 6.45) is -6.63. The van der Waals surface area contributed by atoms with Gasteiger partial charge in [0.1, 0.15) is 12.2 Å². The van der Waals surface area contributed by atoms with Gasteiger partial charge in [-0.05, 0) is 18.1 Å². The van der Waals surface area contributed by atoms with Gasteiger partial charge in [-0.2, -0.15) is 0 Å². The molecule has 1 saturated heterocycles. The summed E-state index contributed by atoms with van der Waals surface area (Å²) in [5.41, 5.74) is -1.64. The van der Waals surface area contributed by atoms with Crippen molar-refractivity contribution in [3.63, 3.8) is 0 Å². The van der Waals surface area contributed by atoms with E-state index in [4.69, 9.17) is 28.4 Å². The summed E-state index contributed by atoms with van der Waals surface area (Å²) < 4.78 is 38.0. The van der Waals surface area contributed by atoms with E-state index in [1.165, 1.54) is 33.9 Å². The SMILES string of the molecule is CC(=O)O[C@H]1[C@@H](OCc2ccccc2)[C@H]2O[C@@H](n3cc(C)c(=O)[nH]c3=O)[C@H](OC(C)=O)[C@@]2(OCc2ccccc2)[C@H]1OC(C)=O. The van der Waals surface area contributed by atoms with E-state index in [9.17, 15) is 24.0 Å². The molecule has 13 nitrogen and oxygen atoms in total. The Hall–Kier alpha value is -4.59. The zero-order chi connectivity index (χ0) is 32.3. The first kappa shape index (κ1) is 31.8. The van der Waals surface area contributed by atoms with Gasteiger partial charge in [-0.1, -0.05) is 60.7 Å². The summed E-state index contributed by atoms with van der Waals surface area (Å²) in [5.74, 6) is -2.20. The molecule has 1 aliphatic heterocycles. The van der Waals surface area contributed by atoms with Crippen molar-refractivity contribution >= 4 is 17.9 Å². The Labute approximate surface area is 258 Å². The maximum atomic E-state index is 13.1. The number of aryl methyl sites for hydroxylation is 1. The van der Waals surface area contributed by atoms with Crippen LogP contribution in [0.2, 0.25) is 0 Å². The van der Waals surface area contributed by atoms with Crippen LogP contribution in [0.15, 0.2) is 76.4 Å². The summed E-state index contributed by atoms with van der Waals surface area (Å²) in [6.45, 7) is 4.98. The molecule has 0 spiro atoms. The fourth-order valence-electron chi connectivity index (χ4n) is 5.92. The lowest BCUT2D eigenvalue weighted by atomic mass is 9.90. The number of hydrogen-bond donors (Lipinski definition) is 1. The molecular formula is C32H34N2O11. The van der Waals surface area contributed by atoms with Gasteiger partial charge < -0.3 is 28.4 Å². The molecule has 238 valence electrons. The van der Waals surface area contributed by atoms with Crippen LogP contribution < -0.4 is 11.2 Å². The highest BCUT2D eigenvalue weighted by atomic mass is 16.7. The van der Waals surface area contributed by atoms with Crippen molar-refractivity contribution in [2.75, 3.05) is 0 Å². The molecule has 5 rings (SSSR count). The fraction of sp³-hybridized carbons (Fsp3) is 0.406. The Bertz CT molecular complexity index is 1650. The molecule has 2 aliphatic rings. The van der Waals surface area contributed by atoms with Gasteiger partial charge >= 0.3 is 23.6 Å². The van der Waals surface area contributed by atoms with Gasteiger partial charge in [-0.25, -0.2) is 4.79 Å². The van der Waals surface area contributed by atoms with Crippen LogP contribution in [0.1, 0.15) is 43.7 Å². The van der Waals surface area contributed by atoms with Crippen LogP contribution in [0, 0.1) is 6.92 Å². The molecule has 2 heterocycles. The van der Waals surface area contributed by atoms with Crippen LogP contribution in [0.5, 0.6) is 0 Å². The van der Waals surface area contributed by atoms with E-state index in [1.54, 1.807) is 24.3 Å². The average molecular weight is 623 g/mol. The number of H-pyrrole nitrogens is 1. The number of aromatic amines is 1. The van der Waals surface area contributed by atoms with Crippen molar-refractivity contribution in [3.8, 4) is 0 Å². The van der Waals surface area contributed by atoms with Gasteiger partial charge in [0.25, 0.3) is 5.56 Å². The molecule has 1 N–H and O–H groups in total. The quantitative estimate of drug-likeness (QED) is 0.260. The summed E-state index contributed by atoms with van der Waals surface area (Å²) in [5, 5.41) is 0. The Morgan fingerprint density at radius 3 is 1.93 bits per heavy atom. The first-order valence-electron chi connectivity index (χ1n) is 14.3. The third-order valence-corrected chi connectivity index (χ3v) is 7.72. The zero-order valence-corrected chi connectivity index (χ0v) is 25.2. The summed E-state index contributed by atoms with van der Waals surface area (Å²) in [6, 6.07) is 18.2. The molecule has 3 aromatic rings. The van der Waals surface area contributed by atoms with Gasteiger partial charge in [0.05, 0.1) is 13.2 Å². The van der Waals surface area contributed by atoms with Gasteiger partial charge in [0.2, 0.25) is 0 Å². The van der Waals surface area contributed by atoms with E-state index in [1.807, 2.05) is 36.4 Å². The molecule has 2 fully saturated rings. The monoisotopic (exact) mass is 622 g/mol. The zero-order valence-electron chi connectivity index (χ0n) is 25.2. The molecule has 1 saturated carbocycles. The standard InChI is InChI=1S/C32H34N2O11/c1-18-15-34(31(39)33-29(18)38)30-28(44-21(4)37)32(41-17-23-13-9-6-10-14-23)26(45-30)24(40-16-22-11-7-5-8-12-22)25(42-19(2)35)27(32)43-20(3)36/h5-15,24-28,30H,16-17H2,1-4H3,(H,33,38,39)/t24-,25+,26-,27+,28+,30-,32+/m1/s1. The number of nitrogens with one attached hydrogen (secondary N) is 1. The highest BCUT2D eigenvalue weighted by molar-refractivity contribution is 5.68.